The molecule has 2 unspecified atom stereocenters. The van der Waals surface area contributed by atoms with Crippen molar-refractivity contribution in [2.45, 2.75) is 210 Å². The number of hydrogen-bond donors (Lipinski definition) is 23. The third-order valence-electron chi connectivity index (χ3n) is 18.2. The quantitative estimate of drug-likeness (QED) is 0.0153. The third-order valence-corrected chi connectivity index (χ3v) is 20.6. The molecule has 0 bridgehead atoms. The van der Waals surface area contributed by atoms with Crippen LogP contribution in [0, 0.1) is 17.8 Å². The second-order valence-corrected chi connectivity index (χ2v) is 29.7. The van der Waals surface area contributed by atoms with Crippen molar-refractivity contribution in [2.75, 3.05) is 50.8 Å². The maximum atomic E-state index is 14.9. The number of aliphatic carboxylic acids is 1. The minimum Gasteiger partial charge on any atom is -0.481 e. The Balaban J connectivity index is 2.28. The predicted molar refractivity (Wildman–Crippen MR) is 420 cm³/mol. The molecular formula is C68H116N26O15S2. The molecular weight excluding hydrogens is 1490 g/mol. The summed E-state index contributed by atoms with van der Waals surface area (Å²) in [6, 6.07) is -8.16. The summed E-state index contributed by atoms with van der Waals surface area (Å²) >= 11 is 0. The van der Waals surface area contributed by atoms with Crippen LogP contribution in [0.3, 0.4) is 0 Å². The molecule has 111 heavy (non-hydrogen) atoms. The fourth-order valence-corrected chi connectivity index (χ4v) is 13.9. The number of nitrogens with zero attached hydrogens (tertiary/aromatic N) is 4. The average molecular weight is 1600 g/mol. The minimum atomic E-state index is -1.96. The Hall–Kier alpha value is -10.5. The van der Waals surface area contributed by atoms with Gasteiger partial charge in [0.15, 0.2) is 23.8 Å². The van der Waals surface area contributed by atoms with E-state index >= 15 is 0 Å². The fraction of sp³-hybridized carbons (Fsp3) is 0.647. The Morgan fingerprint density at radius 1 is 0.495 bits per heavy atom. The highest BCUT2D eigenvalue weighted by Crippen LogP contribution is 2.28. The number of nitrogens with two attached hydrogens (primary N) is 10. The van der Waals surface area contributed by atoms with E-state index in [0.717, 1.165) is 40.9 Å². The minimum absolute atomic E-state index is 0.00938. The van der Waals surface area contributed by atoms with Crippen LogP contribution in [0.4, 0.5) is 0 Å². The number of guanidine groups is 4. The summed E-state index contributed by atoms with van der Waals surface area (Å²) in [5.41, 5.74) is 57.2. The highest BCUT2D eigenvalue weighted by Gasteiger charge is 2.39. The molecule has 33 N–H and O–H groups in total. The molecule has 0 spiro atoms. The van der Waals surface area contributed by atoms with E-state index in [0.29, 0.717) is 18.4 Å². The predicted octanol–water partition coefficient (Wildman–Crippen LogP) is -6.73. The number of carbonyl (C=O) groups is 14. The van der Waals surface area contributed by atoms with E-state index in [2.05, 4.69) is 83.8 Å². The number of carbonyl (C=O) groups excluding carboxylic acids is 13. The maximum absolute atomic E-state index is 14.9. The molecule has 3 rings (SSSR count). The lowest BCUT2D eigenvalue weighted by molar-refractivity contribution is -0.142. The zero-order valence-electron chi connectivity index (χ0n) is 63.4. The zero-order chi connectivity index (χ0) is 82.7. The number of carboxylic acid groups (broad SMARTS) is 1. The maximum Gasteiger partial charge on any atom is 0.305 e. The second-order valence-electron chi connectivity index (χ2n) is 27.2. The molecule has 1 aromatic rings. The molecule has 43 heteroatoms. The van der Waals surface area contributed by atoms with Crippen LogP contribution in [-0.2, 0) is 73.5 Å². The van der Waals surface area contributed by atoms with Crippen LogP contribution in [-0.4, -0.2) is 229 Å². The molecule has 13 amide bonds. The van der Waals surface area contributed by atoms with Gasteiger partial charge in [0.05, 0.1) is 25.6 Å². The summed E-state index contributed by atoms with van der Waals surface area (Å²) in [7, 11) is 1.89. The summed E-state index contributed by atoms with van der Waals surface area (Å²) in [5.74, 6) is -17.1. The van der Waals surface area contributed by atoms with Gasteiger partial charge in [-0.3, -0.25) is 87.1 Å². The van der Waals surface area contributed by atoms with E-state index in [4.69, 9.17) is 57.3 Å². The van der Waals surface area contributed by atoms with Gasteiger partial charge in [-0.1, -0.05) is 125 Å². The summed E-state index contributed by atoms with van der Waals surface area (Å²) in [6.45, 7) is 4.99. The summed E-state index contributed by atoms with van der Waals surface area (Å²) in [6.07, 6.45) is 3.04. The molecule has 13 atom stereocenters. The van der Waals surface area contributed by atoms with Gasteiger partial charge in [0.2, 0.25) is 76.8 Å². The Bertz CT molecular complexity index is 3390. The Kier molecular flexibility index (Phi) is 43.6. The van der Waals surface area contributed by atoms with E-state index in [1.54, 1.807) is 58.0 Å². The van der Waals surface area contributed by atoms with Gasteiger partial charge in [-0.25, -0.2) is 0 Å². The van der Waals surface area contributed by atoms with Gasteiger partial charge < -0.3 is 126 Å². The van der Waals surface area contributed by atoms with E-state index in [9.17, 15) is 72.2 Å². The summed E-state index contributed by atoms with van der Waals surface area (Å²) < 4.78 is 0. The molecule has 1 saturated carbocycles. The van der Waals surface area contributed by atoms with E-state index in [1.165, 1.54) is 0 Å². The number of primary amides is 1. The highest BCUT2D eigenvalue weighted by molar-refractivity contribution is 8.76. The first-order valence-corrected chi connectivity index (χ1v) is 39.4. The van der Waals surface area contributed by atoms with Crippen LogP contribution in [0.25, 0.3) is 0 Å². The van der Waals surface area contributed by atoms with Gasteiger partial charge >= 0.3 is 5.97 Å². The Morgan fingerprint density at radius 2 is 0.928 bits per heavy atom. The van der Waals surface area contributed by atoms with Crippen molar-refractivity contribution in [2.24, 2.45) is 95.1 Å². The number of benzene rings is 1. The first kappa shape index (κ1) is 94.7. The van der Waals surface area contributed by atoms with Crippen LogP contribution < -0.4 is 121 Å². The van der Waals surface area contributed by atoms with Gasteiger partial charge in [0, 0.05) is 44.1 Å². The Labute approximate surface area is 652 Å². The number of amides is 13. The number of nitrogens with one attached hydrogen (secondary N) is 12. The monoisotopic (exact) mass is 1600 g/mol. The number of rotatable bonds is 29. The molecule has 0 radical (unpaired) electrons. The molecule has 1 heterocycles. The molecule has 620 valence electrons. The second kappa shape index (κ2) is 51.1. The molecule has 1 aliphatic heterocycles. The van der Waals surface area contributed by atoms with Crippen molar-refractivity contribution in [3.63, 3.8) is 0 Å². The van der Waals surface area contributed by atoms with Gasteiger partial charge in [0.1, 0.15) is 60.4 Å². The van der Waals surface area contributed by atoms with Crippen LogP contribution in [0.2, 0.25) is 0 Å². The summed E-state index contributed by atoms with van der Waals surface area (Å²) in [5, 5.41) is 41.1. The molecule has 1 saturated heterocycles. The smallest absolute Gasteiger partial charge is 0.305 e. The van der Waals surface area contributed by atoms with E-state index in [1.807, 2.05) is 0 Å². The molecule has 2 fully saturated rings. The SMILES string of the molecule is CCC(C)[C@@H]1NC(=O)[C@H](CCCN=C(N)N)NC(=O)CNC(=O)CNC(=O)[C@H](CC2CCCCC2)NC(=O)[C@@H](NC(=O)[C@@H](N)CCCN=C(N)N)CSSC[C@@H](C(N)=O)NC(=O)[C@H](CCCN=C(N)N)NC(=O)[C@H](Cc2ccccc2)NC(=O)[C@H](C(C)CC)NC(=O)[C@H](CCCN=C(N)N)NC(=O)[C@H](CC(=O)O)NC1=O. The van der Waals surface area contributed by atoms with Crippen molar-refractivity contribution in [3.05, 3.63) is 35.9 Å². The topological polar surface area (TPSA) is 713 Å². The van der Waals surface area contributed by atoms with Crippen LogP contribution >= 0.6 is 21.6 Å². The molecule has 0 aromatic heterocycles. The first-order chi connectivity index (χ1) is 52.6. The lowest BCUT2D eigenvalue weighted by atomic mass is 9.84. The van der Waals surface area contributed by atoms with Gasteiger partial charge in [-0.2, -0.15) is 0 Å². The van der Waals surface area contributed by atoms with Crippen molar-refractivity contribution in [3.8, 4) is 0 Å². The number of aliphatic imine (C=N–C) groups is 4. The average Bonchev–Trinajstić information content (AvgIpc) is 0.851. The van der Waals surface area contributed by atoms with Crippen LogP contribution in [0.15, 0.2) is 50.3 Å². The van der Waals surface area contributed by atoms with Crippen LogP contribution in [0.5, 0.6) is 0 Å². The lowest BCUT2D eigenvalue weighted by Crippen LogP contribution is -2.62. The van der Waals surface area contributed by atoms with E-state index < -0.39 is 181 Å². The largest absolute Gasteiger partial charge is 0.481 e. The van der Waals surface area contributed by atoms with Crippen molar-refractivity contribution >= 4 is 128 Å². The third kappa shape index (κ3) is 37.7. The van der Waals surface area contributed by atoms with Crippen molar-refractivity contribution < 1.29 is 72.2 Å². The zero-order valence-corrected chi connectivity index (χ0v) is 65.0. The lowest BCUT2D eigenvalue weighted by Gasteiger charge is -2.30. The Morgan fingerprint density at radius 3 is 1.41 bits per heavy atom. The fourth-order valence-electron chi connectivity index (χ4n) is 11.6. The van der Waals surface area contributed by atoms with Gasteiger partial charge in [0.25, 0.3) is 0 Å². The number of carboxylic acids is 1. The first-order valence-electron chi connectivity index (χ1n) is 37.0. The molecule has 41 nitrogen and oxygen atoms in total. The normalized spacial score (nSPS) is 23.6. The number of hydrogen-bond acceptors (Lipinski definition) is 21. The molecule has 2 aliphatic rings. The summed E-state index contributed by atoms with van der Waals surface area (Å²) in [4.78, 5) is 214. The van der Waals surface area contributed by atoms with E-state index in [-0.39, 0.29) is 144 Å². The standard InChI is InChI=1S/C68H116N26O15S2/c1-5-36(3)52-63(108)89-45(30-39-19-11-8-12-20-39)60(105)86-42(23-15-27-81-67(75)76)57(102)91-47(54(70)99)34-110-111-35-48(92-55(100)40(69)21-13-25-79-65(71)72)62(107)88-44(29-38-17-9-7-10-18-38)56(101)84-32-49(95)83-33-50(96)85-41(22-14-26-80-66(73)74)58(103)93-53(37(4)6-2)64(109)90-46(31-51(97)98)61(106)87-43(59(104)94-52)24-16-28-82-68(77)78/h8,11-12,19-20,36-38,40-48,52-53H,5-7,9-10,13-18,21-35,69H2,1-4H3,(H2,70,99)(H,83,95)(H,84,101)(H,85,96)(H,86,105)(H,87,106)(H,88,107)(H,89,108)(H,90,109)(H,91,102)(H,92,100)(H,93,103)(H,94,104)(H,97,98)(H4,71,72,79)(H4,73,74,80)(H4,75,76,81)(H4,77,78,82)/t36?,37?,40-,41-,42-,43-,44-,45-,46-,47-,48-,52-,53-/m0/s1. The van der Waals surface area contributed by atoms with Crippen LogP contribution in [0.1, 0.15) is 142 Å². The van der Waals surface area contributed by atoms with Crippen molar-refractivity contribution in [1.82, 2.24) is 63.8 Å². The van der Waals surface area contributed by atoms with Gasteiger partial charge in [-0.15, -0.1) is 0 Å². The molecule has 1 aromatic carbocycles. The molecule has 1 aliphatic carbocycles. The van der Waals surface area contributed by atoms with Gasteiger partial charge in [-0.05, 0) is 81.1 Å². The van der Waals surface area contributed by atoms with Crippen molar-refractivity contribution in [1.29, 1.82) is 0 Å². The highest BCUT2D eigenvalue weighted by atomic mass is 33.1.